The minimum atomic E-state index is 0.816. The largest absolute Gasteiger partial charge is 0.306 e. The molecule has 2 atom stereocenters. The van der Waals surface area contributed by atoms with E-state index < -0.39 is 0 Å². The lowest BCUT2D eigenvalue weighted by Gasteiger charge is -2.31. The van der Waals surface area contributed by atoms with Gasteiger partial charge in [-0.1, -0.05) is 24.3 Å². The highest BCUT2D eigenvalue weighted by Crippen LogP contribution is 2.26. The van der Waals surface area contributed by atoms with E-state index in [0.29, 0.717) is 0 Å². The Balaban J connectivity index is 1.79. The quantitative estimate of drug-likeness (QED) is 0.648. The van der Waals surface area contributed by atoms with Crippen LogP contribution in [0.25, 0.3) is 0 Å². The van der Waals surface area contributed by atoms with Gasteiger partial charge in [0, 0.05) is 6.54 Å². The molecule has 1 heteroatoms. The first-order valence-corrected chi connectivity index (χ1v) is 5.86. The Morgan fingerprint density at radius 3 is 3.00 bits per heavy atom. The van der Waals surface area contributed by atoms with Gasteiger partial charge in [0.2, 0.25) is 0 Å². The normalized spacial score (nSPS) is 33.5. The van der Waals surface area contributed by atoms with Gasteiger partial charge in [0.25, 0.3) is 0 Å². The van der Waals surface area contributed by atoms with Crippen LogP contribution < -0.4 is 0 Å². The molecule has 0 spiro atoms. The monoisotopic (exact) mass is 191 g/mol. The third-order valence-corrected chi connectivity index (χ3v) is 3.43. The Hall–Kier alpha value is -0.560. The molecule has 2 aliphatic rings. The van der Waals surface area contributed by atoms with Gasteiger partial charge in [-0.15, -0.1) is 0 Å². The molecule has 0 amide bonds. The Kier molecular flexibility index (Phi) is 3.41. The van der Waals surface area contributed by atoms with Crippen molar-refractivity contribution in [3.63, 3.8) is 0 Å². The van der Waals surface area contributed by atoms with E-state index in [1.807, 2.05) is 0 Å². The highest BCUT2D eigenvalue weighted by atomic mass is 15.1. The lowest BCUT2D eigenvalue weighted by atomic mass is 9.85. The van der Waals surface area contributed by atoms with Crippen LogP contribution in [0.15, 0.2) is 24.3 Å². The number of nitrogens with zero attached hydrogens (tertiary/aromatic N) is 1. The second kappa shape index (κ2) is 4.79. The van der Waals surface area contributed by atoms with Gasteiger partial charge in [-0.3, -0.25) is 0 Å². The fourth-order valence-corrected chi connectivity index (χ4v) is 2.70. The third kappa shape index (κ3) is 2.71. The van der Waals surface area contributed by atoms with Gasteiger partial charge in [0.05, 0.1) is 0 Å². The summed E-state index contributed by atoms with van der Waals surface area (Å²) in [5, 5.41) is 0. The molecule has 0 aromatic rings. The summed E-state index contributed by atoms with van der Waals surface area (Å²) in [5.41, 5.74) is 0. The maximum absolute atomic E-state index is 2.48. The zero-order chi connectivity index (χ0) is 9.80. The molecule has 1 heterocycles. The van der Waals surface area contributed by atoms with E-state index in [2.05, 4.69) is 36.3 Å². The van der Waals surface area contributed by atoms with E-state index in [9.17, 15) is 0 Å². The summed E-state index contributed by atoms with van der Waals surface area (Å²) in [5.74, 6) is 1.76. The zero-order valence-electron chi connectivity index (χ0n) is 9.15. The second-order valence-electron chi connectivity index (χ2n) is 4.82. The van der Waals surface area contributed by atoms with Crippen molar-refractivity contribution in [1.29, 1.82) is 0 Å². The van der Waals surface area contributed by atoms with E-state index in [0.717, 1.165) is 11.8 Å². The van der Waals surface area contributed by atoms with Crippen molar-refractivity contribution in [2.75, 3.05) is 20.1 Å². The van der Waals surface area contributed by atoms with Gasteiger partial charge >= 0.3 is 0 Å². The number of allylic oxidation sites excluding steroid dienone is 4. The first kappa shape index (κ1) is 9.97. The van der Waals surface area contributed by atoms with Gasteiger partial charge in [-0.2, -0.15) is 0 Å². The van der Waals surface area contributed by atoms with Crippen LogP contribution in [-0.4, -0.2) is 25.0 Å². The maximum atomic E-state index is 2.48. The number of hydrogen-bond acceptors (Lipinski definition) is 1. The van der Waals surface area contributed by atoms with Crippen LogP contribution in [0.5, 0.6) is 0 Å². The lowest BCUT2D eigenvalue weighted by Crippen LogP contribution is -2.32. The second-order valence-corrected chi connectivity index (χ2v) is 4.82. The molecule has 0 bridgehead atoms. The predicted octanol–water partition coefficient (Wildman–Crippen LogP) is 2.85. The molecule has 2 rings (SSSR count). The standard InChI is InChI=1S/C13H21N/c1-14-9-5-8-13(11-14)10-12-6-3-2-4-7-12/h2-4,6,12-13H,5,7-11H2,1H3. The lowest BCUT2D eigenvalue weighted by molar-refractivity contribution is 0.191. The molecule has 1 saturated heterocycles. The molecule has 2 unspecified atom stereocenters. The SMILES string of the molecule is CN1CCCC(CC2C=CC=CC2)C1. The van der Waals surface area contributed by atoms with E-state index in [1.54, 1.807) is 0 Å². The average Bonchev–Trinajstić information content (AvgIpc) is 2.19. The number of likely N-dealkylation sites (tertiary alicyclic amines) is 1. The van der Waals surface area contributed by atoms with Crippen LogP contribution in [0, 0.1) is 11.8 Å². The average molecular weight is 191 g/mol. The van der Waals surface area contributed by atoms with Crippen LogP contribution in [0.3, 0.4) is 0 Å². The van der Waals surface area contributed by atoms with Gasteiger partial charge in [-0.05, 0) is 51.1 Å². The molecule has 1 aliphatic heterocycles. The summed E-state index contributed by atoms with van der Waals surface area (Å²) < 4.78 is 0. The summed E-state index contributed by atoms with van der Waals surface area (Å²) in [6, 6.07) is 0. The molecule has 1 aliphatic carbocycles. The molecule has 0 saturated carbocycles. The Morgan fingerprint density at radius 2 is 2.29 bits per heavy atom. The highest BCUT2D eigenvalue weighted by Gasteiger charge is 2.19. The van der Waals surface area contributed by atoms with Crippen LogP contribution in [-0.2, 0) is 0 Å². The van der Waals surface area contributed by atoms with Gasteiger partial charge in [0.15, 0.2) is 0 Å². The van der Waals surface area contributed by atoms with Crippen LogP contribution in [0.1, 0.15) is 25.7 Å². The fraction of sp³-hybridized carbons (Fsp3) is 0.692. The molecule has 1 fully saturated rings. The molecule has 1 nitrogen and oxygen atoms in total. The molecule has 78 valence electrons. The van der Waals surface area contributed by atoms with Gasteiger partial charge < -0.3 is 4.90 Å². The van der Waals surface area contributed by atoms with Crippen LogP contribution in [0.2, 0.25) is 0 Å². The van der Waals surface area contributed by atoms with Crippen LogP contribution in [0.4, 0.5) is 0 Å². The first-order chi connectivity index (χ1) is 6.84. The van der Waals surface area contributed by atoms with Crippen molar-refractivity contribution in [3.05, 3.63) is 24.3 Å². The minimum Gasteiger partial charge on any atom is -0.306 e. The molecular weight excluding hydrogens is 170 g/mol. The Labute approximate surface area is 87.5 Å². The van der Waals surface area contributed by atoms with Crippen molar-refractivity contribution in [2.24, 2.45) is 11.8 Å². The third-order valence-electron chi connectivity index (χ3n) is 3.43. The predicted molar refractivity (Wildman–Crippen MR) is 61.2 cm³/mol. The van der Waals surface area contributed by atoms with Crippen molar-refractivity contribution >= 4 is 0 Å². The maximum Gasteiger partial charge on any atom is 0.000683 e. The van der Waals surface area contributed by atoms with Crippen molar-refractivity contribution < 1.29 is 0 Å². The van der Waals surface area contributed by atoms with Crippen molar-refractivity contribution in [1.82, 2.24) is 4.90 Å². The van der Waals surface area contributed by atoms with Gasteiger partial charge in [0.1, 0.15) is 0 Å². The Morgan fingerprint density at radius 1 is 1.36 bits per heavy atom. The van der Waals surface area contributed by atoms with E-state index >= 15 is 0 Å². The van der Waals surface area contributed by atoms with Gasteiger partial charge in [-0.25, -0.2) is 0 Å². The first-order valence-electron chi connectivity index (χ1n) is 5.86. The summed E-state index contributed by atoms with van der Waals surface area (Å²) >= 11 is 0. The molecule has 0 aromatic carbocycles. The Bertz CT molecular complexity index is 229. The molecule has 0 N–H and O–H groups in total. The van der Waals surface area contributed by atoms with Crippen LogP contribution >= 0.6 is 0 Å². The number of piperidine rings is 1. The molecule has 14 heavy (non-hydrogen) atoms. The number of rotatable bonds is 2. The topological polar surface area (TPSA) is 3.24 Å². The molecule has 0 aromatic heterocycles. The highest BCUT2D eigenvalue weighted by molar-refractivity contribution is 5.10. The van der Waals surface area contributed by atoms with Crippen molar-refractivity contribution in [3.8, 4) is 0 Å². The summed E-state index contributed by atoms with van der Waals surface area (Å²) in [6.07, 6.45) is 14.6. The summed E-state index contributed by atoms with van der Waals surface area (Å²) in [6.45, 7) is 2.62. The fourth-order valence-electron chi connectivity index (χ4n) is 2.70. The minimum absolute atomic E-state index is 0.816. The van der Waals surface area contributed by atoms with E-state index in [-0.39, 0.29) is 0 Å². The van der Waals surface area contributed by atoms with E-state index in [1.165, 1.54) is 38.8 Å². The summed E-state index contributed by atoms with van der Waals surface area (Å²) in [4.78, 5) is 2.48. The summed E-state index contributed by atoms with van der Waals surface area (Å²) in [7, 11) is 2.25. The molecular formula is C13H21N. The smallest absolute Gasteiger partial charge is 0.000683 e. The molecule has 0 radical (unpaired) electrons. The van der Waals surface area contributed by atoms with E-state index in [4.69, 9.17) is 0 Å². The zero-order valence-corrected chi connectivity index (χ0v) is 9.15. The van der Waals surface area contributed by atoms with Crippen molar-refractivity contribution in [2.45, 2.75) is 25.7 Å². The number of hydrogen-bond donors (Lipinski definition) is 0.